The van der Waals surface area contributed by atoms with Crippen LogP contribution in [0.15, 0.2) is 55.0 Å². The van der Waals surface area contributed by atoms with Crippen molar-refractivity contribution in [3.63, 3.8) is 0 Å². The second-order valence-corrected chi connectivity index (χ2v) is 17.1. The molecule has 0 atom stereocenters. The number of hydrogen-bond acceptors (Lipinski definition) is 7. The van der Waals surface area contributed by atoms with Crippen LogP contribution < -0.4 is 4.90 Å². The molecule has 0 aliphatic carbocycles. The first-order valence-electron chi connectivity index (χ1n) is 13.7. The number of anilines is 1. The van der Waals surface area contributed by atoms with Crippen molar-refractivity contribution in [2.45, 2.75) is 51.3 Å². The van der Waals surface area contributed by atoms with Gasteiger partial charge in [-0.25, -0.2) is 14.5 Å². The third-order valence-electron chi connectivity index (χ3n) is 7.42. The number of carboxylic acid groups (broad SMARTS) is 1. The maximum absolute atomic E-state index is 11.4. The van der Waals surface area contributed by atoms with Gasteiger partial charge in [0.25, 0.3) is 0 Å². The normalized spacial score (nSPS) is 14.6. The van der Waals surface area contributed by atoms with Gasteiger partial charge in [-0.05, 0) is 49.2 Å². The van der Waals surface area contributed by atoms with Gasteiger partial charge in [0.05, 0.1) is 23.1 Å². The maximum Gasteiger partial charge on any atom is 0.407 e. The number of fused-ring (bicyclic) bond motifs is 1. The van der Waals surface area contributed by atoms with E-state index in [0.29, 0.717) is 13.3 Å². The minimum Gasteiger partial charge on any atom is -0.465 e. The van der Waals surface area contributed by atoms with Crippen LogP contribution in [0.4, 0.5) is 10.6 Å². The third-order valence-corrected chi connectivity index (χ3v) is 9.12. The van der Waals surface area contributed by atoms with Gasteiger partial charge in [-0.15, -0.1) is 0 Å². The number of piperidine rings is 1. The Labute approximate surface area is 235 Å². The lowest BCUT2D eigenvalue weighted by atomic mass is 10.0. The Morgan fingerprint density at radius 2 is 1.93 bits per heavy atom. The molecule has 40 heavy (non-hydrogen) atoms. The van der Waals surface area contributed by atoms with Crippen LogP contribution in [-0.2, 0) is 11.5 Å². The van der Waals surface area contributed by atoms with Crippen LogP contribution in [0.25, 0.3) is 33.5 Å². The van der Waals surface area contributed by atoms with Crippen LogP contribution in [0, 0.1) is 0 Å². The Morgan fingerprint density at radius 3 is 2.62 bits per heavy atom. The Morgan fingerprint density at radius 1 is 1.12 bits per heavy atom. The molecule has 1 amide bonds. The molecule has 1 N–H and O–H groups in total. The highest BCUT2D eigenvalue weighted by Gasteiger charge is 2.26. The highest BCUT2D eigenvalue weighted by molar-refractivity contribution is 6.76. The highest BCUT2D eigenvalue weighted by Crippen LogP contribution is 2.31. The molecule has 210 valence electrons. The predicted molar refractivity (Wildman–Crippen MR) is 159 cm³/mol. The van der Waals surface area contributed by atoms with Gasteiger partial charge in [0.15, 0.2) is 0 Å². The summed E-state index contributed by atoms with van der Waals surface area (Å²) in [4.78, 5) is 29.0. The summed E-state index contributed by atoms with van der Waals surface area (Å²) in [7, 11) is 0.445. The standard InChI is InChI=1S/C29H37N7O3Si/c1-34(29(37)38)22-10-13-35(14-11-22)27-9-5-8-24(32-27)28-23-17-25(21-7-6-12-30-18-21)31-19-26(23)36(33-28)20-39-15-16-40(2,3)4/h5-9,12,17-19,22H,10-11,13-16,20H2,1-4H3,(H,37,38). The van der Waals surface area contributed by atoms with Crippen molar-refractivity contribution in [2.75, 3.05) is 31.6 Å². The van der Waals surface area contributed by atoms with E-state index in [1.54, 1.807) is 13.2 Å². The molecule has 4 aromatic rings. The minimum absolute atomic E-state index is 0.0240. The first-order valence-corrected chi connectivity index (χ1v) is 17.4. The van der Waals surface area contributed by atoms with Crippen molar-refractivity contribution in [3.05, 3.63) is 55.0 Å². The molecule has 0 aromatic carbocycles. The van der Waals surface area contributed by atoms with Crippen LogP contribution in [0.3, 0.4) is 0 Å². The average molecular weight is 560 g/mol. The molecule has 4 aromatic heterocycles. The lowest BCUT2D eigenvalue weighted by Gasteiger charge is -2.36. The Bertz CT molecular complexity index is 1460. The fourth-order valence-corrected chi connectivity index (χ4v) is 5.69. The summed E-state index contributed by atoms with van der Waals surface area (Å²) in [5, 5.41) is 15.3. The summed E-state index contributed by atoms with van der Waals surface area (Å²) in [5.74, 6) is 0.865. The van der Waals surface area contributed by atoms with E-state index in [-0.39, 0.29) is 6.04 Å². The van der Waals surface area contributed by atoms with E-state index in [4.69, 9.17) is 19.8 Å². The van der Waals surface area contributed by atoms with Gasteiger partial charge in [0.2, 0.25) is 0 Å². The molecule has 5 heterocycles. The molecule has 0 bridgehead atoms. The Hall–Kier alpha value is -3.83. The second kappa shape index (κ2) is 11.7. The van der Waals surface area contributed by atoms with Crippen LogP contribution in [0.5, 0.6) is 0 Å². The van der Waals surface area contributed by atoms with E-state index in [1.807, 2.05) is 47.4 Å². The largest absolute Gasteiger partial charge is 0.465 e. The van der Waals surface area contributed by atoms with Gasteiger partial charge >= 0.3 is 6.09 Å². The molecule has 0 spiro atoms. The summed E-state index contributed by atoms with van der Waals surface area (Å²) in [6.07, 6.45) is 6.06. The molecular weight excluding hydrogens is 522 g/mol. The number of amides is 1. The Balaban J connectivity index is 1.45. The first kappa shape index (κ1) is 27.7. The quantitative estimate of drug-likeness (QED) is 0.213. The zero-order chi connectivity index (χ0) is 28.3. The Kier molecular flexibility index (Phi) is 8.13. The van der Waals surface area contributed by atoms with E-state index in [2.05, 4.69) is 35.6 Å². The lowest BCUT2D eigenvalue weighted by Crippen LogP contribution is -2.45. The number of hydrogen-bond donors (Lipinski definition) is 1. The fourth-order valence-electron chi connectivity index (χ4n) is 4.93. The van der Waals surface area contributed by atoms with Crippen LogP contribution >= 0.6 is 0 Å². The molecule has 0 radical (unpaired) electrons. The van der Waals surface area contributed by atoms with E-state index in [1.165, 1.54) is 4.90 Å². The fraction of sp³-hybridized carbons (Fsp3) is 0.414. The van der Waals surface area contributed by atoms with Crippen molar-refractivity contribution in [1.82, 2.24) is 29.6 Å². The molecular formula is C29H37N7O3Si. The van der Waals surface area contributed by atoms with Crippen molar-refractivity contribution >= 4 is 30.9 Å². The van der Waals surface area contributed by atoms with Crippen molar-refractivity contribution in [1.29, 1.82) is 0 Å². The summed E-state index contributed by atoms with van der Waals surface area (Å²) < 4.78 is 7.93. The molecule has 1 saturated heterocycles. The van der Waals surface area contributed by atoms with Crippen molar-refractivity contribution in [2.24, 2.45) is 0 Å². The molecule has 1 aliphatic heterocycles. The molecule has 1 aliphatic rings. The van der Waals surface area contributed by atoms with Crippen LogP contribution in [0.2, 0.25) is 25.7 Å². The molecule has 10 nitrogen and oxygen atoms in total. The lowest BCUT2D eigenvalue weighted by molar-refractivity contribution is 0.0818. The van der Waals surface area contributed by atoms with Gasteiger partial charge in [0.1, 0.15) is 18.2 Å². The summed E-state index contributed by atoms with van der Waals surface area (Å²) in [6.45, 7) is 9.56. The van der Waals surface area contributed by atoms with Gasteiger partial charge in [-0.3, -0.25) is 9.97 Å². The van der Waals surface area contributed by atoms with Gasteiger partial charge in [-0.2, -0.15) is 5.10 Å². The zero-order valence-corrected chi connectivity index (χ0v) is 24.6. The maximum atomic E-state index is 11.4. The molecule has 1 fully saturated rings. The monoisotopic (exact) mass is 559 g/mol. The first-order chi connectivity index (χ1) is 19.2. The molecule has 5 rings (SSSR count). The second-order valence-electron chi connectivity index (χ2n) is 11.5. The van der Waals surface area contributed by atoms with Gasteiger partial charge in [0, 0.05) is 64.2 Å². The van der Waals surface area contributed by atoms with Gasteiger partial charge in [-0.1, -0.05) is 25.7 Å². The predicted octanol–water partition coefficient (Wildman–Crippen LogP) is 5.45. The topological polar surface area (TPSA) is 110 Å². The summed E-state index contributed by atoms with van der Waals surface area (Å²) in [6, 6.07) is 13.1. The number of carbonyl (C=O) groups is 1. The summed E-state index contributed by atoms with van der Waals surface area (Å²) in [5.41, 5.74) is 4.20. The van der Waals surface area contributed by atoms with E-state index in [0.717, 1.165) is 71.3 Å². The van der Waals surface area contributed by atoms with E-state index < -0.39 is 14.2 Å². The minimum atomic E-state index is -1.20. The highest BCUT2D eigenvalue weighted by atomic mass is 28.3. The van der Waals surface area contributed by atoms with Crippen molar-refractivity contribution < 1.29 is 14.6 Å². The van der Waals surface area contributed by atoms with Crippen LogP contribution in [0.1, 0.15) is 12.8 Å². The zero-order valence-electron chi connectivity index (χ0n) is 23.6. The number of nitrogens with zero attached hydrogens (tertiary/aromatic N) is 7. The van der Waals surface area contributed by atoms with Crippen LogP contribution in [-0.4, -0.2) is 81.7 Å². The number of aromatic nitrogens is 5. The number of pyridine rings is 3. The molecule has 0 saturated carbocycles. The van der Waals surface area contributed by atoms with E-state index >= 15 is 0 Å². The average Bonchev–Trinajstić information content (AvgIpc) is 3.33. The molecule has 11 heteroatoms. The number of ether oxygens (including phenoxy) is 1. The smallest absolute Gasteiger partial charge is 0.407 e. The van der Waals surface area contributed by atoms with Gasteiger partial charge < -0.3 is 19.6 Å². The third kappa shape index (κ3) is 6.31. The SMILES string of the molecule is CN(C(=O)O)C1CCN(c2cccc(-c3nn(COCC[Si](C)(C)C)c4cnc(-c5cccnc5)cc34)n2)CC1. The summed E-state index contributed by atoms with van der Waals surface area (Å²) >= 11 is 0. The molecule has 0 unspecified atom stereocenters. The van der Waals surface area contributed by atoms with E-state index in [9.17, 15) is 9.90 Å². The van der Waals surface area contributed by atoms with Crippen molar-refractivity contribution in [3.8, 4) is 22.6 Å². The number of rotatable bonds is 9.